The van der Waals surface area contributed by atoms with Gasteiger partial charge in [0.15, 0.2) is 0 Å². The summed E-state index contributed by atoms with van der Waals surface area (Å²) in [6.45, 7) is 8.06. The van der Waals surface area contributed by atoms with Crippen molar-refractivity contribution in [1.82, 2.24) is 5.32 Å². The lowest BCUT2D eigenvalue weighted by Crippen LogP contribution is -2.34. The lowest BCUT2D eigenvalue weighted by Gasteiger charge is -2.34. The van der Waals surface area contributed by atoms with Crippen LogP contribution in [0.3, 0.4) is 0 Å². The fourth-order valence-electron chi connectivity index (χ4n) is 3.10. The number of hydrogen-bond donors (Lipinski definition) is 1. The summed E-state index contributed by atoms with van der Waals surface area (Å²) in [6, 6.07) is 9.64. The Morgan fingerprint density at radius 2 is 2.06 bits per heavy atom. The number of rotatable bonds is 7. The molecule has 0 bridgehead atoms. The van der Waals surface area contributed by atoms with E-state index in [1.165, 1.54) is 25.7 Å². The Morgan fingerprint density at radius 1 is 1.28 bits per heavy atom. The Hall–Kier alpha value is -0.820. The van der Waals surface area contributed by atoms with Gasteiger partial charge in [-0.15, -0.1) is 0 Å². The van der Waals surface area contributed by atoms with Gasteiger partial charge in [0.05, 0.1) is 0 Å². The summed E-state index contributed by atoms with van der Waals surface area (Å²) in [5.41, 5.74) is 3.17. The molecule has 1 aliphatic rings. The summed E-state index contributed by atoms with van der Waals surface area (Å²) in [6.07, 6.45) is 5.14. The van der Waals surface area contributed by atoms with Crippen LogP contribution in [0.5, 0.6) is 0 Å². The van der Waals surface area contributed by atoms with E-state index >= 15 is 0 Å². The average Bonchev–Trinajstić information content (AvgIpc) is 2.32. The minimum absolute atomic E-state index is 0.698. The molecule has 1 N–H and O–H groups in total. The monoisotopic (exact) mass is 245 g/mol. The first-order valence-corrected chi connectivity index (χ1v) is 7.51. The van der Waals surface area contributed by atoms with Crippen LogP contribution in [0.1, 0.15) is 57.1 Å². The van der Waals surface area contributed by atoms with Crippen LogP contribution < -0.4 is 5.32 Å². The van der Waals surface area contributed by atoms with Crippen LogP contribution in [0.25, 0.3) is 0 Å². The Balaban J connectivity index is 1.90. The van der Waals surface area contributed by atoms with E-state index in [2.05, 4.69) is 50.4 Å². The summed E-state index contributed by atoms with van der Waals surface area (Å²) in [5.74, 6) is 1.59. The molecule has 1 aromatic rings. The maximum atomic E-state index is 3.73. The maximum Gasteiger partial charge on any atom is 0.00754 e. The topological polar surface area (TPSA) is 12.0 Å². The largest absolute Gasteiger partial charge is 0.314 e. The summed E-state index contributed by atoms with van der Waals surface area (Å²) >= 11 is 0. The van der Waals surface area contributed by atoms with Gasteiger partial charge in [0, 0.05) is 6.04 Å². The second kappa shape index (κ2) is 6.38. The second-order valence-electron chi connectivity index (χ2n) is 6.12. The molecule has 0 saturated carbocycles. The van der Waals surface area contributed by atoms with Gasteiger partial charge in [0.25, 0.3) is 0 Å². The quantitative estimate of drug-likeness (QED) is 0.761. The minimum Gasteiger partial charge on any atom is -0.314 e. The Kier molecular flexibility index (Phi) is 4.82. The number of hydrogen-bond acceptors (Lipinski definition) is 1. The van der Waals surface area contributed by atoms with Gasteiger partial charge in [-0.25, -0.2) is 0 Å². The van der Waals surface area contributed by atoms with Gasteiger partial charge < -0.3 is 5.32 Å². The van der Waals surface area contributed by atoms with Crippen molar-refractivity contribution in [3.8, 4) is 0 Å². The highest BCUT2D eigenvalue weighted by atomic mass is 14.9. The van der Waals surface area contributed by atoms with Crippen molar-refractivity contribution in [2.45, 2.75) is 58.4 Å². The molecule has 0 aliphatic heterocycles. The Morgan fingerprint density at radius 3 is 2.72 bits per heavy atom. The molecule has 0 heterocycles. The van der Waals surface area contributed by atoms with Gasteiger partial charge in [-0.2, -0.15) is 0 Å². The zero-order valence-electron chi connectivity index (χ0n) is 12.1. The first kappa shape index (κ1) is 13.6. The second-order valence-corrected chi connectivity index (χ2v) is 6.12. The Labute approximate surface area is 112 Å². The molecule has 1 nitrogen and oxygen atoms in total. The molecule has 2 atom stereocenters. The normalized spacial score (nSPS) is 19.4. The van der Waals surface area contributed by atoms with E-state index in [1.807, 2.05) is 0 Å². The predicted octanol–water partition coefficient (Wildman–Crippen LogP) is 4.13. The maximum absolute atomic E-state index is 3.73. The molecule has 0 spiro atoms. The van der Waals surface area contributed by atoms with Crippen molar-refractivity contribution in [1.29, 1.82) is 0 Å². The van der Waals surface area contributed by atoms with Crippen LogP contribution in [0.4, 0.5) is 0 Å². The fraction of sp³-hybridized carbons (Fsp3) is 0.647. The van der Waals surface area contributed by atoms with Gasteiger partial charge >= 0.3 is 0 Å². The predicted molar refractivity (Wildman–Crippen MR) is 79.0 cm³/mol. The van der Waals surface area contributed by atoms with Crippen LogP contribution in [0.15, 0.2) is 24.3 Å². The van der Waals surface area contributed by atoms with Crippen LogP contribution in [0, 0.1) is 5.92 Å². The van der Waals surface area contributed by atoms with Gasteiger partial charge in [-0.1, -0.05) is 45.0 Å². The smallest absolute Gasteiger partial charge is 0.00754 e. The molecule has 0 saturated heterocycles. The molecule has 2 unspecified atom stereocenters. The number of fused-ring (bicyclic) bond motifs is 1. The van der Waals surface area contributed by atoms with E-state index < -0.39 is 0 Å². The highest BCUT2D eigenvalue weighted by molar-refractivity contribution is 5.39. The van der Waals surface area contributed by atoms with Gasteiger partial charge in [0.1, 0.15) is 0 Å². The van der Waals surface area contributed by atoms with Crippen molar-refractivity contribution in [2.24, 2.45) is 5.92 Å². The van der Waals surface area contributed by atoms with Crippen LogP contribution in [-0.4, -0.2) is 12.6 Å². The number of benzene rings is 1. The molecule has 100 valence electrons. The van der Waals surface area contributed by atoms with Gasteiger partial charge in [-0.05, 0) is 55.2 Å². The lowest BCUT2D eigenvalue weighted by atomic mass is 9.74. The summed E-state index contributed by atoms with van der Waals surface area (Å²) < 4.78 is 0. The third kappa shape index (κ3) is 3.35. The molecule has 1 aromatic carbocycles. The molecule has 1 aliphatic carbocycles. The number of nitrogens with one attached hydrogen (secondary N) is 1. The summed E-state index contributed by atoms with van der Waals surface area (Å²) in [5, 5.41) is 3.73. The zero-order chi connectivity index (χ0) is 13.0. The third-order valence-corrected chi connectivity index (χ3v) is 3.97. The highest BCUT2D eigenvalue weighted by Gasteiger charge is 2.27. The van der Waals surface area contributed by atoms with Crippen molar-refractivity contribution in [3.05, 3.63) is 35.4 Å². The van der Waals surface area contributed by atoms with Crippen LogP contribution >= 0.6 is 0 Å². The average molecular weight is 245 g/mol. The minimum atomic E-state index is 0.698. The van der Waals surface area contributed by atoms with E-state index in [-0.39, 0.29) is 0 Å². The van der Waals surface area contributed by atoms with Crippen molar-refractivity contribution in [2.75, 3.05) is 6.54 Å². The molecule has 0 radical (unpaired) electrons. The van der Waals surface area contributed by atoms with E-state index in [9.17, 15) is 0 Å². The SMILES string of the molecule is CCCNC(CC(C)C)CC1Cc2ccccc21. The molecule has 0 fully saturated rings. The van der Waals surface area contributed by atoms with Crippen LogP contribution in [0.2, 0.25) is 0 Å². The standard InChI is InChI=1S/C17H27N/c1-4-9-18-16(10-13(2)3)12-15-11-14-7-5-6-8-17(14)15/h5-8,13,15-16,18H,4,9-12H2,1-3H3. The Bertz CT molecular complexity index is 370. The molecule has 0 aromatic heterocycles. The van der Waals surface area contributed by atoms with Gasteiger partial charge in [-0.3, -0.25) is 0 Å². The highest BCUT2D eigenvalue weighted by Crippen LogP contribution is 2.38. The molecular weight excluding hydrogens is 218 g/mol. The van der Waals surface area contributed by atoms with Gasteiger partial charge in [0.2, 0.25) is 0 Å². The summed E-state index contributed by atoms with van der Waals surface area (Å²) in [4.78, 5) is 0. The van der Waals surface area contributed by atoms with Crippen molar-refractivity contribution in [3.63, 3.8) is 0 Å². The molecular formula is C17H27N. The first-order chi connectivity index (χ1) is 8.70. The molecule has 0 amide bonds. The van der Waals surface area contributed by atoms with Crippen LogP contribution in [-0.2, 0) is 6.42 Å². The first-order valence-electron chi connectivity index (χ1n) is 7.51. The molecule has 18 heavy (non-hydrogen) atoms. The van der Waals surface area contributed by atoms with E-state index in [1.54, 1.807) is 11.1 Å². The fourth-order valence-corrected chi connectivity index (χ4v) is 3.10. The van der Waals surface area contributed by atoms with E-state index in [0.717, 1.165) is 18.4 Å². The van der Waals surface area contributed by atoms with E-state index in [0.29, 0.717) is 6.04 Å². The zero-order valence-corrected chi connectivity index (χ0v) is 12.1. The van der Waals surface area contributed by atoms with Crippen molar-refractivity contribution < 1.29 is 0 Å². The lowest BCUT2D eigenvalue weighted by molar-refractivity contribution is 0.361. The van der Waals surface area contributed by atoms with Crippen molar-refractivity contribution >= 4 is 0 Å². The summed E-state index contributed by atoms with van der Waals surface area (Å²) in [7, 11) is 0. The molecule has 1 heteroatoms. The van der Waals surface area contributed by atoms with E-state index in [4.69, 9.17) is 0 Å². The molecule has 2 rings (SSSR count). The third-order valence-electron chi connectivity index (χ3n) is 3.97.